The molecule has 4 heteroatoms. The molecule has 0 aliphatic carbocycles. The van der Waals surface area contributed by atoms with Gasteiger partial charge in [0.05, 0.1) is 12.1 Å². The molecule has 0 aliphatic heterocycles. The number of aryl methyl sites for hydroxylation is 1. The van der Waals surface area contributed by atoms with Crippen molar-refractivity contribution in [3.63, 3.8) is 0 Å². The van der Waals surface area contributed by atoms with E-state index in [1.54, 1.807) is 6.07 Å². The van der Waals surface area contributed by atoms with Crippen LogP contribution in [0.25, 0.3) is 0 Å². The summed E-state index contributed by atoms with van der Waals surface area (Å²) >= 11 is 6.05. The molecule has 21 heavy (non-hydrogen) atoms. The highest BCUT2D eigenvalue weighted by molar-refractivity contribution is 6.30. The van der Waals surface area contributed by atoms with Crippen LogP contribution in [-0.4, -0.2) is 11.7 Å². The summed E-state index contributed by atoms with van der Waals surface area (Å²) in [5, 5.41) is 13.8. The molecule has 0 saturated carbocycles. The zero-order valence-electron chi connectivity index (χ0n) is 12.2. The van der Waals surface area contributed by atoms with Gasteiger partial charge in [-0.3, -0.25) is 0 Å². The van der Waals surface area contributed by atoms with Crippen molar-refractivity contribution in [2.24, 2.45) is 0 Å². The van der Waals surface area contributed by atoms with Crippen molar-refractivity contribution < 1.29 is 9.50 Å². The normalized spacial score (nSPS) is 13.8. The van der Waals surface area contributed by atoms with Gasteiger partial charge in [0.1, 0.15) is 5.82 Å². The minimum atomic E-state index is -0.689. The molecule has 0 radical (unpaired) electrons. The lowest BCUT2D eigenvalue weighted by molar-refractivity contribution is 0.207. The van der Waals surface area contributed by atoms with Gasteiger partial charge in [-0.05, 0) is 54.8 Å². The summed E-state index contributed by atoms with van der Waals surface area (Å²) in [6.45, 7) is 3.69. The SMILES string of the molecule is CCC(CO)(Nc1cc(C)cc(F)c1)c1cccc(Cl)c1. The molecule has 1 atom stereocenters. The number of halogens is 2. The first-order valence-electron chi connectivity index (χ1n) is 6.91. The van der Waals surface area contributed by atoms with E-state index in [-0.39, 0.29) is 12.4 Å². The number of aliphatic hydroxyl groups excluding tert-OH is 1. The second-order valence-electron chi connectivity index (χ2n) is 5.25. The lowest BCUT2D eigenvalue weighted by atomic mass is 9.87. The summed E-state index contributed by atoms with van der Waals surface area (Å²) in [6.07, 6.45) is 0.638. The van der Waals surface area contributed by atoms with E-state index in [0.29, 0.717) is 17.1 Å². The first-order chi connectivity index (χ1) is 9.99. The maximum Gasteiger partial charge on any atom is 0.125 e. The largest absolute Gasteiger partial charge is 0.394 e. The quantitative estimate of drug-likeness (QED) is 0.852. The number of aliphatic hydroxyl groups is 1. The van der Waals surface area contributed by atoms with Crippen molar-refractivity contribution in [3.8, 4) is 0 Å². The summed E-state index contributed by atoms with van der Waals surface area (Å²) in [4.78, 5) is 0. The molecule has 0 spiro atoms. The minimum Gasteiger partial charge on any atom is -0.394 e. The predicted molar refractivity (Wildman–Crippen MR) is 85.3 cm³/mol. The van der Waals surface area contributed by atoms with Crippen molar-refractivity contribution in [2.75, 3.05) is 11.9 Å². The highest BCUT2D eigenvalue weighted by atomic mass is 35.5. The molecule has 1 unspecified atom stereocenters. The van der Waals surface area contributed by atoms with E-state index in [1.165, 1.54) is 12.1 Å². The average Bonchev–Trinajstić information content (AvgIpc) is 2.44. The molecule has 0 bridgehead atoms. The highest BCUT2D eigenvalue weighted by Gasteiger charge is 2.30. The van der Waals surface area contributed by atoms with E-state index < -0.39 is 5.54 Å². The first-order valence-corrected chi connectivity index (χ1v) is 7.29. The molecule has 112 valence electrons. The van der Waals surface area contributed by atoms with Crippen LogP contribution in [0, 0.1) is 12.7 Å². The van der Waals surface area contributed by atoms with Gasteiger partial charge < -0.3 is 10.4 Å². The Morgan fingerprint density at radius 1 is 1.24 bits per heavy atom. The van der Waals surface area contributed by atoms with Crippen LogP contribution in [0.15, 0.2) is 42.5 Å². The second kappa shape index (κ2) is 6.46. The van der Waals surface area contributed by atoms with E-state index in [4.69, 9.17) is 11.6 Å². The fourth-order valence-corrected chi connectivity index (χ4v) is 2.67. The molecule has 2 N–H and O–H groups in total. The number of hydrogen-bond acceptors (Lipinski definition) is 2. The summed E-state index contributed by atoms with van der Waals surface area (Å²) in [5.74, 6) is -0.300. The predicted octanol–water partition coefficient (Wildman–Crippen LogP) is 4.50. The minimum absolute atomic E-state index is 0.112. The molecule has 0 amide bonds. The van der Waals surface area contributed by atoms with Gasteiger partial charge in [0.2, 0.25) is 0 Å². The third-order valence-corrected chi connectivity index (χ3v) is 3.91. The van der Waals surface area contributed by atoms with Crippen molar-refractivity contribution in [1.82, 2.24) is 0 Å². The zero-order chi connectivity index (χ0) is 15.5. The zero-order valence-corrected chi connectivity index (χ0v) is 12.9. The van der Waals surface area contributed by atoms with Crippen LogP contribution in [0.2, 0.25) is 5.02 Å². The maximum absolute atomic E-state index is 13.6. The molecule has 2 nitrogen and oxygen atoms in total. The third-order valence-electron chi connectivity index (χ3n) is 3.68. The molecule has 2 aromatic rings. The smallest absolute Gasteiger partial charge is 0.125 e. The van der Waals surface area contributed by atoms with Crippen LogP contribution in [0.4, 0.5) is 10.1 Å². The van der Waals surface area contributed by atoms with Gasteiger partial charge in [-0.25, -0.2) is 4.39 Å². The number of anilines is 1. The molecule has 0 aromatic heterocycles. The molecule has 2 rings (SSSR count). The van der Waals surface area contributed by atoms with Crippen molar-refractivity contribution in [2.45, 2.75) is 25.8 Å². The molecular weight excluding hydrogens is 289 g/mol. The van der Waals surface area contributed by atoms with E-state index in [9.17, 15) is 9.50 Å². The van der Waals surface area contributed by atoms with Gasteiger partial charge in [-0.15, -0.1) is 0 Å². The van der Waals surface area contributed by atoms with E-state index in [2.05, 4.69) is 5.32 Å². The van der Waals surface area contributed by atoms with Crippen LogP contribution in [0.1, 0.15) is 24.5 Å². The van der Waals surface area contributed by atoms with Gasteiger partial charge >= 0.3 is 0 Å². The Labute approximate surface area is 129 Å². The van der Waals surface area contributed by atoms with Crippen LogP contribution in [0.5, 0.6) is 0 Å². The fourth-order valence-electron chi connectivity index (χ4n) is 2.48. The van der Waals surface area contributed by atoms with Gasteiger partial charge in [-0.2, -0.15) is 0 Å². The van der Waals surface area contributed by atoms with E-state index >= 15 is 0 Å². The molecular formula is C17H19ClFNO. The van der Waals surface area contributed by atoms with E-state index in [1.807, 2.05) is 38.1 Å². The molecule has 0 saturated heterocycles. The lowest BCUT2D eigenvalue weighted by Crippen LogP contribution is -2.38. The van der Waals surface area contributed by atoms with Gasteiger partial charge in [0, 0.05) is 10.7 Å². The Morgan fingerprint density at radius 2 is 2.00 bits per heavy atom. The maximum atomic E-state index is 13.6. The van der Waals surface area contributed by atoms with Crippen molar-refractivity contribution in [1.29, 1.82) is 0 Å². The molecule has 0 heterocycles. The second-order valence-corrected chi connectivity index (χ2v) is 5.68. The fraction of sp³-hybridized carbons (Fsp3) is 0.294. The molecule has 2 aromatic carbocycles. The molecule has 0 fully saturated rings. The first kappa shape index (κ1) is 15.8. The number of nitrogens with one attached hydrogen (secondary N) is 1. The third kappa shape index (κ3) is 3.55. The van der Waals surface area contributed by atoms with Crippen LogP contribution >= 0.6 is 11.6 Å². The van der Waals surface area contributed by atoms with Crippen LogP contribution in [-0.2, 0) is 5.54 Å². The van der Waals surface area contributed by atoms with Crippen molar-refractivity contribution in [3.05, 3.63) is 64.4 Å². The highest BCUT2D eigenvalue weighted by Crippen LogP contribution is 2.31. The van der Waals surface area contributed by atoms with Crippen LogP contribution in [0.3, 0.4) is 0 Å². The average molecular weight is 308 g/mol. The topological polar surface area (TPSA) is 32.3 Å². The summed E-state index contributed by atoms with van der Waals surface area (Å²) < 4.78 is 13.6. The van der Waals surface area contributed by atoms with Gasteiger partial charge in [-0.1, -0.05) is 30.7 Å². The van der Waals surface area contributed by atoms with Crippen molar-refractivity contribution >= 4 is 17.3 Å². The van der Waals surface area contributed by atoms with Crippen LogP contribution < -0.4 is 5.32 Å². The van der Waals surface area contributed by atoms with E-state index in [0.717, 1.165) is 11.1 Å². The lowest BCUT2D eigenvalue weighted by Gasteiger charge is -2.34. The monoisotopic (exact) mass is 307 g/mol. The standard InChI is InChI=1S/C17H19ClFNO/c1-3-17(11-21,13-5-4-6-14(18)9-13)20-16-8-12(2)7-15(19)10-16/h4-10,20-21H,3,11H2,1-2H3. The Morgan fingerprint density at radius 3 is 2.57 bits per heavy atom. The Hall–Kier alpha value is -1.58. The van der Waals surface area contributed by atoms with Gasteiger partial charge in [0.25, 0.3) is 0 Å². The Bertz CT molecular complexity index is 606. The Balaban J connectivity index is 2.42. The summed E-state index contributed by atoms with van der Waals surface area (Å²) in [7, 11) is 0. The number of benzene rings is 2. The summed E-state index contributed by atoms with van der Waals surface area (Å²) in [5.41, 5.74) is 1.65. The number of rotatable bonds is 5. The van der Waals surface area contributed by atoms with Gasteiger partial charge in [0.15, 0.2) is 0 Å². The molecule has 0 aliphatic rings. The summed E-state index contributed by atoms with van der Waals surface area (Å²) in [6, 6.07) is 12.1. The Kier molecular flexibility index (Phi) is 4.86. The number of hydrogen-bond donors (Lipinski definition) is 2.